The summed E-state index contributed by atoms with van der Waals surface area (Å²) in [7, 11) is -2.77. The van der Waals surface area contributed by atoms with Crippen molar-refractivity contribution in [3.8, 4) is 0 Å². The number of anilines is 1. The van der Waals surface area contributed by atoms with Gasteiger partial charge in [0.2, 0.25) is 5.91 Å². The van der Waals surface area contributed by atoms with Crippen LogP contribution < -0.4 is 9.62 Å². The van der Waals surface area contributed by atoms with Crippen molar-refractivity contribution in [3.05, 3.63) is 24.3 Å². The lowest BCUT2D eigenvalue weighted by atomic mass is 10.1. The maximum Gasteiger partial charge on any atom is 0.231 e. The first kappa shape index (κ1) is 19.8. The van der Waals surface area contributed by atoms with Crippen LogP contribution in [0.2, 0.25) is 0 Å². The van der Waals surface area contributed by atoms with Crippen LogP contribution >= 0.6 is 0 Å². The highest BCUT2D eigenvalue weighted by atomic mass is 32.2. The fourth-order valence-electron chi connectivity index (χ4n) is 3.21. The van der Waals surface area contributed by atoms with E-state index in [1.165, 1.54) is 38.5 Å². The molecule has 1 heterocycles. The lowest BCUT2D eigenvalue weighted by Gasteiger charge is -2.18. The zero-order valence-electron chi connectivity index (χ0n) is 15.5. The van der Waals surface area contributed by atoms with Crippen molar-refractivity contribution < 1.29 is 9.00 Å². The minimum absolute atomic E-state index is 0.167. The molecule has 0 aliphatic carbocycles. The molecule has 0 bridgehead atoms. The van der Waals surface area contributed by atoms with Gasteiger partial charge in [-0.25, -0.2) is 4.21 Å². The Kier molecular flexibility index (Phi) is 7.82. The minimum Gasteiger partial charge on any atom is -0.372 e. The van der Waals surface area contributed by atoms with Gasteiger partial charge in [-0.15, -0.1) is 0 Å². The lowest BCUT2D eigenvalue weighted by molar-refractivity contribution is -0.119. The molecule has 25 heavy (non-hydrogen) atoms. The average molecular weight is 365 g/mol. The van der Waals surface area contributed by atoms with Gasteiger partial charge in [0.15, 0.2) is 0 Å². The topological polar surface area (TPSA) is 49.4 Å². The van der Waals surface area contributed by atoms with Crippen LogP contribution in [0.5, 0.6) is 0 Å². The Morgan fingerprint density at radius 1 is 1.08 bits per heavy atom. The van der Waals surface area contributed by atoms with E-state index in [9.17, 15) is 9.00 Å². The standard InChI is InChI=1S/C20H32N2O2S/c1-3-4-5-6-7-8-11-20(23)21-25(2,24)19-14-12-18(13-15-19)22-16-9-10-17-22/h12-15H,2-11,16-17H2,1H3,(H,21,23,24). The summed E-state index contributed by atoms with van der Waals surface area (Å²) in [5.74, 6) is 3.59. The Morgan fingerprint density at radius 2 is 1.68 bits per heavy atom. The molecule has 1 aromatic carbocycles. The van der Waals surface area contributed by atoms with Crippen LogP contribution in [0.15, 0.2) is 29.2 Å². The van der Waals surface area contributed by atoms with Crippen LogP contribution in [0.1, 0.15) is 64.7 Å². The molecule has 1 aliphatic heterocycles. The second-order valence-electron chi connectivity index (χ2n) is 6.91. The predicted octanol–water partition coefficient (Wildman–Crippen LogP) is 4.14. The summed E-state index contributed by atoms with van der Waals surface area (Å²) in [5.41, 5.74) is 1.15. The van der Waals surface area contributed by atoms with E-state index >= 15 is 0 Å². The molecule has 2 rings (SSSR count). The number of carbonyl (C=O) groups excluding carboxylic acids is 1. The summed E-state index contributed by atoms with van der Waals surface area (Å²) in [6.45, 7) is 4.35. The van der Waals surface area contributed by atoms with E-state index in [1.54, 1.807) is 0 Å². The molecule has 1 unspecified atom stereocenters. The molecular weight excluding hydrogens is 332 g/mol. The van der Waals surface area contributed by atoms with Gasteiger partial charge in [0.05, 0.1) is 9.71 Å². The highest BCUT2D eigenvalue weighted by Gasteiger charge is 2.15. The van der Waals surface area contributed by atoms with Crippen molar-refractivity contribution in [2.45, 2.75) is 69.6 Å². The molecule has 1 saturated heterocycles. The maximum absolute atomic E-state index is 12.7. The number of hydrogen-bond acceptors (Lipinski definition) is 3. The van der Waals surface area contributed by atoms with Gasteiger partial charge in [-0.3, -0.25) is 9.52 Å². The molecule has 1 N–H and O–H groups in total. The normalized spacial score (nSPS) is 16.6. The van der Waals surface area contributed by atoms with Crippen molar-refractivity contribution in [1.29, 1.82) is 0 Å². The Labute approximate surface area is 153 Å². The molecule has 0 spiro atoms. The van der Waals surface area contributed by atoms with E-state index in [4.69, 9.17) is 0 Å². The molecule has 1 atom stereocenters. The van der Waals surface area contributed by atoms with Crippen LogP contribution in [0.3, 0.4) is 0 Å². The van der Waals surface area contributed by atoms with Crippen molar-refractivity contribution in [1.82, 2.24) is 4.72 Å². The highest BCUT2D eigenvalue weighted by molar-refractivity contribution is 7.99. The largest absolute Gasteiger partial charge is 0.372 e. The van der Waals surface area contributed by atoms with Gasteiger partial charge in [-0.2, -0.15) is 0 Å². The molecule has 1 aromatic rings. The molecular formula is C20H32N2O2S. The van der Waals surface area contributed by atoms with Gasteiger partial charge >= 0.3 is 0 Å². The van der Waals surface area contributed by atoms with Crippen molar-refractivity contribution >= 4 is 27.2 Å². The summed E-state index contributed by atoms with van der Waals surface area (Å²) in [4.78, 5) is 15.0. The number of hydrogen-bond donors (Lipinski definition) is 1. The predicted molar refractivity (Wildman–Crippen MR) is 108 cm³/mol. The van der Waals surface area contributed by atoms with Gasteiger partial charge in [0.1, 0.15) is 0 Å². The first-order chi connectivity index (χ1) is 12.0. The monoisotopic (exact) mass is 364 g/mol. The summed E-state index contributed by atoms with van der Waals surface area (Å²) in [6, 6.07) is 7.61. The van der Waals surface area contributed by atoms with E-state index in [2.05, 4.69) is 22.4 Å². The molecule has 1 amide bonds. The summed E-state index contributed by atoms with van der Waals surface area (Å²) in [5, 5.41) is 0. The van der Waals surface area contributed by atoms with Crippen molar-refractivity contribution in [2.75, 3.05) is 18.0 Å². The maximum atomic E-state index is 12.7. The van der Waals surface area contributed by atoms with Crippen molar-refractivity contribution in [3.63, 3.8) is 0 Å². The molecule has 1 fully saturated rings. The first-order valence-corrected chi connectivity index (χ1v) is 11.3. The van der Waals surface area contributed by atoms with Gasteiger partial charge < -0.3 is 4.90 Å². The summed E-state index contributed by atoms with van der Waals surface area (Å²) in [6.07, 6.45) is 9.64. The van der Waals surface area contributed by atoms with Crippen LogP contribution in [-0.2, 0) is 14.5 Å². The van der Waals surface area contributed by atoms with Gasteiger partial charge in [0.25, 0.3) is 0 Å². The van der Waals surface area contributed by atoms with Crippen LogP contribution in [-0.4, -0.2) is 29.1 Å². The molecule has 1 aliphatic rings. The molecule has 0 saturated carbocycles. The van der Waals surface area contributed by atoms with E-state index in [0.717, 1.165) is 31.6 Å². The third kappa shape index (κ3) is 6.38. The lowest BCUT2D eigenvalue weighted by Crippen LogP contribution is -2.30. The van der Waals surface area contributed by atoms with Gasteiger partial charge in [-0.05, 0) is 49.4 Å². The van der Waals surface area contributed by atoms with Crippen LogP contribution in [0.4, 0.5) is 5.69 Å². The summed E-state index contributed by atoms with van der Waals surface area (Å²) >= 11 is 0. The number of amides is 1. The SMILES string of the molecule is C=S(=O)(NC(=O)CCCCCCCC)c1ccc(N2CCCC2)cc1. The van der Waals surface area contributed by atoms with E-state index in [1.807, 2.05) is 24.3 Å². The fourth-order valence-corrected chi connectivity index (χ4v) is 4.38. The molecule has 140 valence electrons. The Balaban J connectivity index is 1.80. The van der Waals surface area contributed by atoms with E-state index in [0.29, 0.717) is 11.3 Å². The zero-order valence-corrected chi connectivity index (χ0v) is 16.3. The quantitative estimate of drug-likeness (QED) is 0.501. The third-order valence-corrected chi connectivity index (χ3v) is 6.32. The molecule has 4 nitrogen and oxygen atoms in total. The van der Waals surface area contributed by atoms with Crippen LogP contribution in [0, 0.1) is 0 Å². The molecule has 0 radical (unpaired) electrons. The smallest absolute Gasteiger partial charge is 0.231 e. The second-order valence-corrected chi connectivity index (χ2v) is 8.93. The molecule has 0 aromatic heterocycles. The Bertz CT molecular complexity index is 632. The first-order valence-electron chi connectivity index (χ1n) is 9.56. The van der Waals surface area contributed by atoms with Crippen molar-refractivity contribution in [2.24, 2.45) is 0 Å². The molecule has 5 heteroatoms. The second kappa shape index (κ2) is 9.85. The van der Waals surface area contributed by atoms with E-state index < -0.39 is 9.71 Å². The fraction of sp³-hybridized carbons (Fsp3) is 0.600. The Hall–Kier alpha value is -1.49. The van der Waals surface area contributed by atoms with Gasteiger partial charge in [0, 0.05) is 30.1 Å². The highest BCUT2D eigenvalue weighted by Crippen LogP contribution is 2.22. The van der Waals surface area contributed by atoms with Gasteiger partial charge in [-0.1, -0.05) is 39.0 Å². The number of carbonyl (C=O) groups is 1. The summed E-state index contributed by atoms with van der Waals surface area (Å²) < 4.78 is 15.4. The number of benzene rings is 1. The van der Waals surface area contributed by atoms with Crippen LogP contribution in [0.25, 0.3) is 0 Å². The Morgan fingerprint density at radius 3 is 2.32 bits per heavy atom. The third-order valence-electron chi connectivity index (χ3n) is 4.72. The number of unbranched alkanes of at least 4 members (excludes halogenated alkanes) is 5. The number of nitrogens with one attached hydrogen (secondary N) is 1. The zero-order chi connectivity index (χ0) is 18.1. The number of rotatable bonds is 10. The average Bonchev–Trinajstić information content (AvgIpc) is 3.12. The number of nitrogens with zero attached hydrogens (tertiary/aromatic N) is 1. The van der Waals surface area contributed by atoms with E-state index in [-0.39, 0.29) is 5.91 Å². The minimum atomic E-state index is -2.77.